The van der Waals surface area contributed by atoms with Crippen molar-refractivity contribution >= 4 is 11.7 Å². The first-order valence-corrected chi connectivity index (χ1v) is 14.3. The predicted octanol–water partition coefficient (Wildman–Crippen LogP) is 6.89. The minimum Gasteiger partial charge on any atom is -0.460 e. The first-order chi connectivity index (χ1) is 19.4. The Labute approximate surface area is 238 Å². The van der Waals surface area contributed by atoms with E-state index in [-0.39, 0.29) is 29.2 Å². The molecule has 0 amide bonds. The molecule has 2 aliphatic heterocycles. The third-order valence-electron chi connectivity index (χ3n) is 7.70. The Bertz CT molecular complexity index is 1400. The van der Waals surface area contributed by atoms with Crippen molar-refractivity contribution in [2.24, 2.45) is 0 Å². The van der Waals surface area contributed by atoms with Gasteiger partial charge in [0.1, 0.15) is 5.60 Å². The fraction of sp³-hybridized carbons (Fsp3) is 0.516. The van der Waals surface area contributed by atoms with Crippen LogP contribution in [0.1, 0.15) is 70.1 Å². The molecule has 0 N–H and O–H groups in total. The zero-order valence-electron chi connectivity index (χ0n) is 24.1. The van der Waals surface area contributed by atoms with Gasteiger partial charge in [0.25, 0.3) is 5.89 Å². The number of fused-ring (bicyclic) bond motifs is 1. The lowest BCUT2D eigenvalue weighted by atomic mass is 9.97. The maximum absolute atomic E-state index is 14.1. The van der Waals surface area contributed by atoms with Crippen LogP contribution in [-0.4, -0.2) is 52.3 Å². The summed E-state index contributed by atoms with van der Waals surface area (Å²) >= 11 is 0. The molecular weight excluding hydrogens is 533 g/mol. The number of aromatic nitrogens is 2. The topological polar surface area (TPSA) is 71.7 Å². The van der Waals surface area contributed by atoms with E-state index < -0.39 is 17.3 Å². The lowest BCUT2D eigenvalue weighted by Gasteiger charge is -2.37. The summed E-state index contributed by atoms with van der Waals surface area (Å²) in [7, 11) is 0. The number of ether oxygens (including phenoxy) is 1. The van der Waals surface area contributed by atoms with Gasteiger partial charge in [-0.1, -0.05) is 17.3 Å². The molecule has 1 unspecified atom stereocenters. The van der Waals surface area contributed by atoms with Crippen molar-refractivity contribution in [2.45, 2.75) is 84.2 Å². The number of piperidine rings is 1. The van der Waals surface area contributed by atoms with Gasteiger partial charge in [-0.15, -0.1) is 0 Å². The summed E-state index contributed by atoms with van der Waals surface area (Å²) in [5.41, 5.74) is 2.26. The van der Waals surface area contributed by atoms with E-state index in [2.05, 4.69) is 15.0 Å². The molecule has 1 aromatic heterocycles. The molecule has 10 heteroatoms. The van der Waals surface area contributed by atoms with E-state index in [1.807, 2.05) is 50.8 Å². The van der Waals surface area contributed by atoms with Gasteiger partial charge in [0.2, 0.25) is 5.82 Å². The van der Waals surface area contributed by atoms with Gasteiger partial charge in [0.05, 0.1) is 12.0 Å². The minimum absolute atomic E-state index is 0.0421. The quantitative estimate of drug-likeness (QED) is 0.299. The fourth-order valence-electron chi connectivity index (χ4n) is 5.65. The molecule has 1 saturated heterocycles. The SMILES string of the molecule is CC1CCCCN1c1ccc(-c2nc(-c3ccc4c(c3)CN(CCC(=O)OC(C)(C)C)CC4)no2)cc1C(F)(F)F. The molecule has 3 aromatic rings. The lowest BCUT2D eigenvalue weighted by Crippen LogP contribution is -2.38. The number of carbonyl (C=O) groups is 1. The highest BCUT2D eigenvalue weighted by molar-refractivity contribution is 5.70. The molecular formula is C31H37F3N4O3. The van der Waals surface area contributed by atoms with Gasteiger partial charge in [0.15, 0.2) is 0 Å². The van der Waals surface area contributed by atoms with Gasteiger partial charge in [-0.25, -0.2) is 0 Å². The van der Waals surface area contributed by atoms with E-state index >= 15 is 0 Å². The summed E-state index contributed by atoms with van der Waals surface area (Å²) in [6, 6.07) is 10.2. The number of hydrogen-bond donors (Lipinski definition) is 0. The molecule has 0 saturated carbocycles. The molecule has 0 radical (unpaired) electrons. The van der Waals surface area contributed by atoms with Crippen molar-refractivity contribution in [3.63, 3.8) is 0 Å². The van der Waals surface area contributed by atoms with Crippen molar-refractivity contribution in [1.82, 2.24) is 15.0 Å². The second-order valence-electron chi connectivity index (χ2n) is 12.0. The van der Waals surface area contributed by atoms with E-state index in [1.54, 1.807) is 6.07 Å². The predicted molar refractivity (Wildman–Crippen MR) is 150 cm³/mol. The summed E-state index contributed by atoms with van der Waals surface area (Å²) in [5.74, 6) is 0.139. The summed E-state index contributed by atoms with van der Waals surface area (Å²) in [5, 5.41) is 4.09. The van der Waals surface area contributed by atoms with E-state index in [1.165, 1.54) is 11.6 Å². The number of alkyl halides is 3. The maximum atomic E-state index is 14.1. The molecule has 220 valence electrons. The van der Waals surface area contributed by atoms with Crippen LogP contribution in [0.4, 0.5) is 18.9 Å². The first kappa shape index (κ1) is 29.1. The zero-order valence-corrected chi connectivity index (χ0v) is 24.1. The number of carbonyl (C=O) groups excluding carboxylic acids is 1. The van der Waals surface area contributed by atoms with Crippen molar-refractivity contribution in [1.29, 1.82) is 0 Å². The van der Waals surface area contributed by atoms with Gasteiger partial charge >= 0.3 is 12.1 Å². The maximum Gasteiger partial charge on any atom is 0.418 e. The van der Waals surface area contributed by atoms with Crippen molar-refractivity contribution < 1.29 is 27.2 Å². The summed E-state index contributed by atoms with van der Waals surface area (Å²) < 4.78 is 53.3. The van der Waals surface area contributed by atoms with Crippen molar-refractivity contribution in [3.8, 4) is 22.8 Å². The highest BCUT2D eigenvalue weighted by Crippen LogP contribution is 2.41. The molecule has 0 spiro atoms. The Balaban J connectivity index is 1.33. The Kier molecular flexibility index (Phi) is 8.14. The normalized spacial score (nSPS) is 18.3. The molecule has 2 aliphatic rings. The van der Waals surface area contributed by atoms with E-state index in [4.69, 9.17) is 9.26 Å². The molecule has 3 heterocycles. The van der Waals surface area contributed by atoms with Crippen LogP contribution in [0.3, 0.4) is 0 Å². The molecule has 7 nitrogen and oxygen atoms in total. The number of nitrogens with zero attached hydrogens (tertiary/aromatic N) is 4. The molecule has 2 aromatic carbocycles. The Morgan fingerprint density at radius 3 is 2.56 bits per heavy atom. The summed E-state index contributed by atoms with van der Waals surface area (Å²) in [6.07, 6.45) is -0.583. The van der Waals surface area contributed by atoms with Crippen LogP contribution in [0.15, 0.2) is 40.9 Å². The van der Waals surface area contributed by atoms with Gasteiger partial charge in [-0.2, -0.15) is 18.2 Å². The van der Waals surface area contributed by atoms with Crippen LogP contribution < -0.4 is 4.90 Å². The van der Waals surface area contributed by atoms with Gasteiger partial charge in [0, 0.05) is 49.0 Å². The Morgan fingerprint density at radius 2 is 1.83 bits per heavy atom. The monoisotopic (exact) mass is 570 g/mol. The van der Waals surface area contributed by atoms with Gasteiger partial charge < -0.3 is 14.2 Å². The summed E-state index contributed by atoms with van der Waals surface area (Å²) in [4.78, 5) is 20.7. The second-order valence-corrected chi connectivity index (χ2v) is 12.0. The standard InChI is InChI=1S/C31H37F3N4O3/c1-20-7-5-6-14-38(20)26-11-10-23(18-25(26)31(32,33)34)29-35-28(36-41-29)22-9-8-21-12-15-37(19-24(21)17-22)16-13-27(39)40-30(2,3)4/h8-11,17-18,20H,5-7,12-16,19H2,1-4H3. The summed E-state index contributed by atoms with van der Waals surface area (Å²) in [6.45, 7) is 10.2. The largest absolute Gasteiger partial charge is 0.460 e. The van der Waals surface area contributed by atoms with Crippen LogP contribution in [-0.2, 0) is 28.7 Å². The average molecular weight is 571 g/mol. The van der Waals surface area contributed by atoms with Crippen LogP contribution in [0.5, 0.6) is 0 Å². The van der Waals surface area contributed by atoms with Crippen LogP contribution in [0.2, 0.25) is 0 Å². The van der Waals surface area contributed by atoms with Crippen molar-refractivity contribution in [2.75, 3.05) is 24.5 Å². The number of halogens is 3. The smallest absolute Gasteiger partial charge is 0.418 e. The first-order valence-electron chi connectivity index (χ1n) is 14.3. The molecule has 41 heavy (non-hydrogen) atoms. The molecule has 1 atom stereocenters. The van der Waals surface area contributed by atoms with E-state index in [9.17, 15) is 18.0 Å². The Hall–Kier alpha value is -3.40. The number of hydrogen-bond acceptors (Lipinski definition) is 7. The van der Waals surface area contributed by atoms with Crippen molar-refractivity contribution in [3.05, 3.63) is 53.1 Å². The minimum atomic E-state index is -4.51. The van der Waals surface area contributed by atoms with E-state index in [0.717, 1.165) is 49.4 Å². The molecule has 0 bridgehead atoms. The van der Waals surface area contributed by atoms with Crippen LogP contribution >= 0.6 is 0 Å². The number of rotatable bonds is 6. The molecule has 0 aliphatic carbocycles. The Morgan fingerprint density at radius 1 is 1.05 bits per heavy atom. The lowest BCUT2D eigenvalue weighted by molar-refractivity contribution is -0.155. The van der Waals surface area contributed by atoms with Crippen LogP contribution in [0, 0.1) is 0 Å². The van der Waals surface area contributed by atoms with Gasteiger partial charge in [-0.3, -0.25) is 9.69 Å². The third-order valence-corrected chi connectivity index (χ3v) is 7.70. The van der Waals surface area contributed by atoms with Gasteiger partial charge in [-0.05, 0) is 88.8 Å². The third kappa shape index (κ3) is 6.92. The van der Waals surface area contributed by atoms with E-state index in [0.29, 0.717) is 31.9 Å². The highest BCUT2D eigenvalue weighted by atomic mass is 19.4. The fourth-order valence-corrected chi connectivity index (χ4v) is 5.65. The second kappa shape index (κ2) is 11.5. The average Bonchev–Trinajstić information content (AvgIpc) is 3.40. The number of anilines is 1. The van der Waals surface area contributed by atoms with Crippen LogP contribution in [0.25, 0.3) is 22.8 Å². The number of benzene rings is 2. The molecule has 5 rings (SSSR count). The zero-order chi connectivity index (χ0) is 29.4. The highest BCUT2D eigenvalue weighted by Gasteiger charge is 2.37. The number of esters is 1. The molecule has 1 fully saturated rings.